The van der Waals surface area contributed by atoms with Gasteiger partial charge < -0.3 is 20.7 Å². The maximum Gasteiger partial charge on any atom is 0.225 e. The Bertz CT molecular complexity index is 538. The standard InChI is InChI=1S/C16H24ClN3O2/c1-16(10-18)6-8-20(11-16)7-5-15(21)19-13-9-12(17)3-4-14(13)22-2/h3-4,9H,5-8,10-11,18H2,1-2H3,(H,19,21). The number of benzene rings is 1. The van der Waals surface area contributed by atoms with Crippen molar-refractivity contribution in [2.75, 3.05) is 38.6 Å². The van der Waals surface area contributed by atoms with Crippen LogP contribution < -0.4 is 15.8 Å². The average Bonchev–Trinajstić information content (AvgIpc) is 2.88. The zero-order valence-electron chi connectivity index (χ0n) is 13.2. The third-order valence-electron chi connectivity index (χ3n) is 4.22. The highest BCUT2D eigenvalue weighted by Crippen LogP contribution is 2.29. The quantitative estimate of drug-likeness (QED) is 0.842. The molecule has 5 nitrogen and oxygen atoms in total. The average molecular weight is 326 g/mol. The van der Waals surface area contributed by atoms with Gasteiger partial charge in [0.25, 0.3) is 0 Å². The molecule has 0 bridgehead atoms. The fourth-order valence-corrected chi connectivity index (χ4v) is 2.91. The van der Waals surface area contributed by atoms with Crippen LogP contribution in [0.15, 0.2) is 18.2 Å². The molecule has 0 spiro atoms. The van der Waals surface area contributed by atoms with E-state index in [2.05, 4.69) is 17.1 Å². The molecule has 6 heteroatoms. The summed E-state index contributed by atoms with van der Waals surface area (Å²) in [5.41, 5.74) is 6.59. The Labute approximate surface area is 136 Å². The number of methoxy groups -OCH3 is 1. The topological polar surface area (TPSA) is 67.6 Å². The summed E-state index contributed by atoms with van der Waals surface area (Å²) in [5.74, 6) is 0.566. The maximum atomic E-state index is 12.1. The van der Waals surface area contributed by atoms with Crippen LogP contribution in [0.5, 0.6) is 5.75 Å². The first-order chi connectivity index (χ1) is 10.5. The van der Waals surface area contributed by atoms with Crippen LogP contribution in [-0.4, -0.2) is 44.1 Å². The van der Waals surface area contributed by atoms with Crippen LogP contribution in [0.25, 0.3) is 0 Å². The van der Waals surface area contributed by atoms with E-state index in [9.17, 15) is 4.79 Å². The smallest absolute Gasteiger partial charge is 0.225 e. The Morgan fingerprint density at radius 1 is 1.55 bits per heavy atom. The Morgan fingerprint density at radius 3 is 2.95 bits per heavy atom. The lowest BCUT2D eigenvalue weighted by Crippen LogP contribution is -2.32. The third kappa shape index (κ3) is 4.35. The number of amides is 1. The van der Waals surface area contributed by atoms with Gasteiger partial charge in [0.15, 0.2) is 0 Å². The normalized spacial score (nSPS) is 21.8. The molecule has 1 fully saturated rings. The number of nitrogens with one attached hydrogen (secondary N) is 1. The molecule has 2 rings (SSSR count). The molecule has 1 amide bonds. The Hall–Kier alpha value is -1.30. The minimum atomic E-state index is -0.0399. The Morgan fingerprint density at radius 2 is 2.32 bits per heavy atom. The molecular weight excluding hydrogens is 302 g/mol. The van der Waals surface area contributed by atoms with Crippen molar-refractivity contribution in [2.45, 2.75) is 19.8 Å². The summed E-state index contributed by atoms with van der Waals surface area (Å²) in [6.45, 7) is 5.59. The number of anilines is 1. The summed E-state index contributed by atoms with van der Waals surface area (Å²) in [6, 6.07) is 5.17. The summed E-state index contributed by atoms with van der Waals surface area (Å²) >= 11 is 5.96. The van der Waals surface area contributed by atoms with E-state index < -0.39 is 0 Å². The predicted molar refractivity (Wildman–Crippen MR) is 89.5 cm³/mol. The number of carbonyl (C=O) groups is 1. The SMILES string of the molecule is COc1ccc(Cl)cc1NC(=O)CCN1CCC(C)(CN)C1. The lowest BCUT2D eigenvalue weighted by atomic mass is 9.90. The number of hydrogen-bond acceptors (Lipinski definition) is 4. The summed E-state index contributed by atoms with van der Waals surface area (Å²) in [6.07, 6.45) is 1.53. The molecule has 1 heterocycles. The first kappa shape index (κ1) is 17.1. The molecule has 1 aromatic carbocycles. The molecule has 122 valence electrons. The number of rotatable bonds is 6. The third-order valence-corrected chi connectivity index (χ3v) is 4.46. The van der Waals surface area contributed by atoms with Gasteiger partial charge in [0, 0.05) is 24.5 Å². The van der Waals surface area contributed by atoms with Crippen LogP contribution in [0.2, 0.25) is 5.02 Å². The molecule has 3 N–H and O–H groups in total. The fraction of sp³-hybridized carbons (Fsp3) is 0.562. The number of halogens is 1. The van der Waals surface area contributed by atoms with E-state index in [1.807, 2.05) is 0 Å². The molecule has 0 aliphatic carbocycles. The van der Waals surface area contributed by atoms with Crippen molar-refractivity contribution < 1.29 is 9.53 Å². The van der Waals surface area contributed by atoms with Gasteiger partial charge in [0.2, 0.25) is 5.91 Å². The van der Waals surface area contributed by atoms with E-state index in [4.69, 9.17) is 22.1 Å². The van der Waals surface area contributed by atoms with Gasteiger partial charge in [0.05, 0.1) is 12.8 Å². The Kier molecular flexibility index (Phi) is 5.67. The monoisotopic (exact) mass is 325 g/mol. The van der Waals surface area contributed by atoms with Crippen LogP contribution >= 0.6 is 11.6 Å². The van der Waals surface area contributed by atoms with Gasteiger partial charge in [-0.2, -0.15) is 0 Å². The van der Waals surface area contributed by atoms with Gasteiger partial charge in [-0.1, -0.05) is 18.5 Å². The van der Waals surface area contributed by atoms with E-state index in [-0.39, 0.29) is 11.3 Å². The van der Waals surface area contributed by atoms with Crippen molar-refractivity contribution in [3.63, 3.8) is 0 Å². The zero-order chi connectivity index (χ0) is 16.2. The van der Waals surface area contributed by atoms with Gasteiger partial charge in [-0.05, 0) is 43.1 Å². The highest BCUT2D eigenvalue weighted by atomic mass is 35.5. The molecular formula is C16H24ClN3O2. The minimum absolute atomic E-state index is 0.0399. The van der Waals surface area contributed by atoms with Crippen molar-refractivity contribution in [1.82, 2.24) is 4.90 Å². The van der Waals surface area contributed by atoms with Gasteiger partial charge in [-0.3, -0.25) is 4.79 Å². The number of nitrogens with zero attached hydrogens (tertiary/aromatic N) is 1. The van der Waals surface area contributed by atoms with Crippen LogP contribution in [0, 0.1) is 5.41 Å². The van der Waals surface area contributed by atoms with Crippen LogP contribution in [-0.2, 0) is 4.79 Å². The highest BCUT2D eigenvalue weighted by Gasteiger charge is 2.32. The minimum Gasteiger partial charge on any atom is -0.495 e. The first-order valence-corrected chi connectivity index (χ1v) is 7.89. The largest absolute Gasteiger partial charge is 0.495 e. The van der Waals surface area contributed by atoms with Crippen molar-refractivity contribution in [3.05, 3.63) is 23.2 Å². The number of likely N-dealkylation sites (tertiary alicyclic amines) is 1. The van der Waals surface area contributed by atoms with E-state index in [1.165, 1.54) is 0 Å². The van der Waals surface area contributed by atoms with Crippen LogP contribution in [0.1, 0.15) is 19.8 Å². The fourth-order valence-electron chi connectivity index (χ4n) is 2.73. The summed E-state index contributed by atoms with van der Waals surface area (Å²) in [5, 5.41) is 3.43. The van der Waals surface area contributed by atoms with Gasteiger partial charge >= 0.3 is 0 Å². The van der Waals surface area contributed by atoms with Gasteiger partial charge in [-0.15, -0.1) is 0 Å². The molecule has 1 atom stereocenters. The maximum absolute atomic E-state index is 12.1. The molecule has 1 aromatic rings. The summed E-state index contributed by atoms with van der Waals surface area (Å²) < 4.78 is 5.22. The van der Waals surface area contributed by atoms with E-state index >= 15 is 0 Å². The second-order valence-corrected chi connectivity index (χ2v) is 6.62. The van der Waals surface area contributed by atoms with E-state index in [1.54, 1.807) is 25.3 Å². The van der Waals surface area contributed by atoms with E-state index in [0.717, 1.165) is 26.1 Å². The second-order valence-electron chi connectivity index (χ2n) is 6.18. The molecule has 0 radical (unpaired) electrons. The van der Waals surface area contributed by atoms with Gasteiger partial charge in [0.1, 0.15) is 5.75 Å². The van der Waals surface area contributed by atoms with Crippen molar-refractivity contribution in [2.24, 2.45) is 11.1 Å². The van der Waals surface area contributed by atoms with Crippen molar-refractivity contribution in [1.29, 1.82) is 0 Å². The first-order valence-electron chi connectivity index (χ1n) is 7.51. The second kappa shape index (κ2) is 7.31. The molecule has 22 heavy (non-hydrogen) atoms. The van der Waals surface area contributed by atoms with Gasteiger partial charge in [-0.25, -0.2) is 0 Å². The predicted octanol–water partition coefficient (Wildman–Crippen LogP) is 2.35. The summed E-state index contributed by atoms with van der Waals surface area (Å²) in [7, 11) is 1.57. The zero-order valence-corrected chi connectivity index (χ0v) is 13.9. The summed E-state index contributed by atoms with van der Waals surface area (Å²) in [4.78, 5) is 14.4. The molecule has 1 saturated heterocycles. The van der Waals surface area contributed by atoms with Crippen molar-refractivity contribution >= 4 is 23.2 Å². The Balaban J connectivity index is 1.85. The van der Waals surface area contributed by atoms with E-state index in [0.29, 0.717) is 29.4 Å². The molecule has 0 aromatic heterocycles. The number of hydrogen-bond donors (Lipinski definition) is 2. The highest BCUT2D eigenvalue weighted by molar-refractivity contribution is 6.31. The van der Waals surface area contributed by atoms with Crippen LogP contribution in [0.3, 0.4) is 0 Å². The molecule has 1 unspecified atom stereocenters. The molecule has 1 aliphatic heterocycles. The van der Waals surface area contributed by atoms with Crippen molar-refractivity contribution in [3.8, 4) is 5.75 Å². The molecule has 0 saturated carbocycles. The lowest BCUT2D eigenvalue weighted by Gasteiger charge is -2.22. The lowest BCUT2D eigenvalue weighted by molar-refractivity contribution is -0.116. The number of carbonyl (C=O) groups excluding carboxylic acids is 1. The number of ether oxygens (including phenoxy) is 1. The van der Waals surface area contributed by atoms with Crippen LogP contribution in [0.4, 0.5) is 5.69 Å². The number of nitrogens with two attached hydrogens (primary N) is 1. The molecule has 1 aliphatic rings.